The number of esters is 2. The van der Waals surface area contributed by atoms with Crippen LogP contribution in [-0.2, 0) is 14.3 Å². The van der Waals surface area contributed by atoms with Crippen molar-refractivity contribution in [3.05, 3.63) is 34.1 Å². The molecule has 84 valence electrons. The second-order valence-corrected chi connectivity index (χ2v) is 4.47. The van der Waals surface area contributed by atoms with Crippen molar-refractivity contribution in [3.8, 4) is 0 Å². The van der Waals surface area contributed by atoms with E-state index in [4.69, 9.17) is 0 Å². The molecule has 1 saturated heterocycles. The summed E-state index contributed by atoms with van der Waals surface area (Å²) in [4.78, 5) is 22.2. The van der Waals surface area contributed by atoms with E-state index in [-0.39, 0.29) is 24.6 Å². The molecule has 3 nitrogen and oxygen atoms in total. The Morgan fingerprint density at radius 3 is 2.44 bits per heavy atom. The third-order valence-electron chi connectivity index (χ3n) is 2.46. The van der Waals surface area contributed by atoms with Gasteiger partial charge in [0, 0.05) is 10.4 Å². The fourth-order valence-corrected chi connectivity index (χ4v) is 2.41. The maximum atomic E-state index is 12.9. The summed E-state index contributed by atoms with van der Waals surface area (Å²) in [6, 6.07) is 4.21. The van der Waals surface area contributed by atoms with Crippen molar-refractivity contribution < 1.29 is 18.7 Å². The first kappa shape index (κ1) is 11.3. The van der Waals surface area contributed by atoms with E-state index in [1.807, 2.05) is 0 Å². The highest BCUT2D eigenvalue weighted by molar-refractivity contribution is 9.10. The van der Waals surface area contributed by atoms with Crippen molar-refractivity contribution >= 4 is 27.9 Å². The molecule has 0 atom stereocenters. The summed E-state index contributed by atoms with van der Waals surface area (Å²) >= 11 is 3.22. The van der Waals surface area contributed by atoms with Crippen LogP contribution in [0.4, 0.5) is 4.39 Å². The molecule has 5 heteroatoms. The molecule has 0 aliphatic carbocycles. The molecule has 1 aromatic rings. The molecule has 1 fully saturated rings. The normalized spacial score (nSPS) is 17.4. The number of hydrogen-bond acceptors (Lipinski definition) is 3. The van der Waals surface area contributed by atoms with Gasteiger partial charge in [-0.3, -0.25) is 9.59 Å². The zero-order valence-electron chi connectivity index (χ0n) is 8.20. The standard InChI is InChI=1S/C11H8BrFO3/c12-9-5-7(13)1-2-8(9)6-3-10(14)16-11(15)4-6/h1-2,5-6H,3-4H2. The molecule has 1 aliphatic heterocycles. The molecule has 0 N–H and O–H groups in total. The molecule has 0 aromatic heterocycles. The maximum absolute atomic E-state index is 12.9. The minimum absolute atomic E-state index is 0.149. The molecule has 0 saturated carbocycles. The molecule has 16 heavy (non-hydrogen) atoms. The smallest absolute Gasteiger partial charge is 0.314 e. The van der Waals surface area contributed by atoms with Gasteiger partial charge in [0.2, 0.25) is 0 Å². The summed E-state index contributed by atoms with van der Waals surface area (Å²) in [5, 5.41) is 0. The summed E-state index contributed by atoms with van der Waals surface area (Å²) in [6.45, 7) is 0. The van der Waals surface area contributed by atoms with Gasteiger partial charge in [-0.2, -0.15) is 0 Å². The lowest BCUT2D eigenvalue weighted by molar-refractivity contribution is -0.163. The van der Waals surface area contributed by atoms with Crippen LogP contribution in [0.5, 0.6) is 0 Å². The highest BCUT2D eigenvalue weighted by Gasteiger charge is 2.29. The lowest BCUT2D eigenvalue weighted by Crippen LogP contribution is -2.24. The number of hydrogen-bond donors (Lipinski definition) is 0. The van der Waals surface area contributed by atoms with Gasteiger partial charge in [0.25, 0.3) is 0 Å². The van der Waals surface area contributed by atoms with Crippen molar-refractivity contribution in [2.75, 3.05) is 0 Å². The van der Waals surface area contributed by atoms with Crippen LogP contribution < -0.4 is 0 Å². The summed E-state index contributed by atoms with van der Waals surface area (Å²) in [5.74, 6) is -1.65. The Balaban J connectivity index is 2.29. The molecule has 0 amide bonds. The number of benzene rings is 1. The van der Waals surface area contributed by atoms with E-state index in [2.05, 4.69) is 20.7 Å². The first-order chi connectivity index (χ1) is 7.56. The number of carbonyl (C=O) groups excluding carboxylic acids is 2. The fraction of sp³-hybridized carbons (Fsp3) is 0.273. The number of cyclic esters (lactones) is 2. The van der Waals surface area contributed by atoms with E-state index in [0.29, 0.717) is 4.47 Å². The Kier molecular flexibility index (Phi) is 3.05. The molecule has 2 rings (SSSR count). The van der Waals surface area contributed by atoms with Gasteiger partial charge >= 0.3 is 11.9 Å². The summed E-state index contributed by atoms with van der Waals surface area (Å²) < 4.78 is 17.9. The van der Waals surface area contributed by atoms with Crippen molar-refractivity contribution in [2.45, 2.75) is 18.8 Å². The first-order valence-electron chi connectivity index (χ1n) is 4.74. The summed E-state index contributed by atoms with van der Waals surface area (Å²) in [5.41, 5.74) is 0.756. The molecule has 0 radical (unpaired) electrons. The molecule has 0 bridgehead atoms. The second kappa shape index (κ2) is 4.33. The van der Waals surface area contributed by atoms with Crippen LogP contribution in [0.3, 0.4) is 0 Å². The molecular weight excluding hydrogens is 279 g/mol. The highest BCUT2D eigenvalue weighted by atomic mass is 79.9. The first-order valence-corrected chi connectivity index (χ1v) is 5.54. The van der Waals surface area contributed by atoms with Crippen LogP contribution in [0, 0.1) is 5.82 Å². The van der Waals surface area contributed by atoms with Gasteiger partial charge in [0.15, 0.2) is 0 Å². The van der Waals surface area contributed by atoms with Crippen LogP contribution >= 0.6 is 15.9 Å². The minimum atomic E-state index is -0.530. The van der Waals surface area contributed by atoms with E-state index in [0.717, 1.165) is 5.56 Å². The highest BCUT2D eigenvalue weighted by Crippen LogP contribution is 2.33. The fourth-order valence-electron chi connectivity index (χ4n) is 1.74. The molecule has 0 spiro atoms. The van der Waals surface area contributed by atoms with E-state index < -0.39 is 11.9 Å². The van der Waals surface area contributed by atoms with Crippen LogP contribution in [0.2, 0.25) is 0 Å². The Hall–Kier alpha value is -1.23. The third-order valence-corrected chi connectivity index (χ3v) is 3.14. The average molecular weight is 287 g/mol. The van der Waals surface area contributed by atoms with Crippen LogP contribution in [-0.4, -0.2) is 11.9 Å². The average Bonchev–Trinajstić information content (AvgIpc) is 2.15. The number of halogens is 2. The van der Waals surface area contributed by atoms with E-state index in [9.17, 15) is 14.0 Å². The quantitative estimate of drug-likeness (QED) is 0.589. The number of carbonyl (C=O) groups is 2. The SMILES string of the molecule is O=C1CC(c2ccc(F)cc2Br)CC(=O)O1. The van der Waals surface area contributed by atoms with Crippen molar-refractivity contribution in [2.24, 2.45) is 0 Å². The van der Waals surface area contributed by atoms with Crippen molar-refractivity contribution in [1.82, 2.24) is 0 Å². The van der Waals surface area contributed by atoms with Gasteiger partial charge in [0.05, 0.1) is 12.8 Å². The second-order valence-electron chi connectivity index (χ2n) is 3.62. The Morgan fingerprint density at radius 2 is 1.88 bits per heavy atom. The predicted molar refractivity (Wildman–Crippen MR) is 57.2 cm³/mol. The topological polar surface area (TPSA) is 43.4 Å². The van der Waals surface area contributed by atoms with E-state index in [1.165, 1.54) is 12.1 Å². The Morgan fingerprint density at radius 1 is 1.25 bits per heavy atom. The minimum Gasteiger partial charge on any atom is -0.393 e. The monoisotopic (exact) mass is 286 g/mol. The predicted octanol–water partition coefficient (Wildman–Crippen LogP) is 2.54. The zero-order valence-corrected chi connectivity index (χ0v) is 9.79. The van der Waals surface area contributed by atoms with Gasteiger partial charge in [-0.15, -0.1) is 0 Å². The maximum Gasteiger partial charge on any atom is 0.314 e. The molecular formula is C11H8BrFO3. The van der Waals surface area contributed by atoms with Gasteiger partial charge in [0.1, 0.15) is 5.82 Å². The van der Waals surface area contributed by atoms with Crippen LogP contribution in [0.1, 0.15) is 24.3 Å². The zero-order chi connectivity index (χ0) is 11.7. The molecule has 1 heterocycles. The van der Waals surface area contributed by atoms with Crippen LogP contribution in [0.25, 0.3) is 0 Å². The lowest BCUT2D eigenvalue weighted by Gasteiger charge is -2.21. The Bertz CT molecular complexity index is 443. The third kappa shape index (κ3) is 2.29. The molecule has 1 aliphatic rings. The summed E-state index contributed by atoms with van der Waals surface area (Å²) in [6.07, 6.45) is 0.298. The van der Waals surface area contributed by atoms with Crippen molar-refractivity contribution in [3.63, 3.8) is 0 Å². The largest absolute Gasteiger partial charge is 0.393 e. The van der Waals surface area contributed by atoms with E-state index >= 15 is 0 Å². The number of rotatable bonds is 1. The van der Waals surface area contributed by atoms with Crippen LogP contribution in [0.15, 0.2) is 22.7 Å². The van der Waals surface area contributed by atoms with E-state index in [1.54, 1.807) is 6.07 Å². The van der Waals surface area contributed by atoms with Gasteiger partial charge in [-0.25, -0.2) is 4.39 Å². The molecule has 0 unspecified atom stereocenters. The Labute approximate surface area is 99.7 Å². The molecule has 1 aromatic carbocycles. The summed E-state index contributed by atoms with van der Waals surface area (Å²) in [7, 11) is 0. The van der Waals surface area contributed by atoms with Gasteiger partial charge < -0.3 is 4.74 Å². The lowest BCUT2D eigenvalue weighted by atomic mass is 9.91. The van der Waals surface area contributed by atoms with Gasteiger partial charge in [-0.1, -0.05) is 22.0 Å². The van der Waals surface area contributed by atoms with Gasteiger partial charge in [-0.05, 0) is 17.7 Å². The number of ether oxygens (including phenoxy) is 1. The van der Waals surface area contributed by atoms with Crippen molar-refractivity contribution in [1.29, 1.82) is 0 Å².